The minimum absolute atomic E-state index is 0.343. The predicted octanol–water partition coefficient (Wildman–Crippen LogP) is 0.459. The van der Waals surface area contributed by atoms with Crippen LogP contribution >= 0.6 is 0 Å². The largest absolute Gasteiger partial charge is 0.480 e. The maximum atomic E-state index is 10.6. The van der Waals surface area contributed by atoms with Gasteiger partial charge in [-0.15, -0.1) is 0 Å². The molecule has 2 N–H and O–H groups in total. The van der Waals surface area contributed by atoms with Crippen LogP contribution in [0.25, 0.3) is 0 Å². The summed E-state index contributed by atoms with van der Waals surface area (Å²) < 4.78 is 0. The highest BCUT2D eigenvalue weighted by molar-refractivity contribution is 5.83. The zero-order valence-electron chi connectivity index (χ0n) is 6.35. The number of carboxylic acids is 1. The fraction of sp³-hybridized carbons (Fsp3) is 0.857. The van der Waals surface area contributed by atoms with Crippen molar-refractivity contribution in [3.63, 3.8) is 0 Å². The number of rotatable bonds is 3. The van der Waals surface area contributed by atoms with Crippen molar-refractivity contribution in [2.75, 3.05) is 7.05 Å². The lowest BCUT2D eigenvalue weighted by molar-refractivity contribution is -0.141. The van der Waals surface area contributed by atoms with E-state index >= 15 is 0 Å². The van der Waals surface area contributed by atoms with Crippen molar-refractivity contribution in [1.29, 1.82) is 0 Å². The third-order valence-electron chi connectivity index (χ3n) is 2.43. The molecule has 0 amide bonds. The third kappa shape index (κ3) is 0.814. The van der Waals surface area contributed by atoms with E-state index in [2.05, 4.69) is 5.32 Å². The lowest BCUT2D eigenvalue weighted by Crippen LogP contribution is -2.38. The summed E-state index contributed by atoms with van der Waals surface area (Å²) in [7, 11) is 1.71. The Hall–Kier alpha value is -0.570. The normalized spacial score (nSPS) is 37.6. The Kier molecular flexibility index (Phi) is 1.68. The van der Waals surface area contributed by atoms with Gasteiger partial charge in [0.05, 0.1) is 0 Å². The van der Waals surface area contributed by atoms with Crippen LogP contribution < -0.4 is 5.32 Å². The second-order valence-corrected chi connectivity index (χ2v) is 2.84. The molecule has 3 heteroatoms. The molecule has 0 aromatic carbocycles. The molecule has 0 bridgehead atoms. The molecule has 0 aromatic heterocycles. The van der Waals surface area contributed by atoms with Crippen molar-refractivity contribution in [2.45, 2.75) is 25.3 Å². The van der Waals surface area contributed by atoms with Crippen LogP contribution in [-0.2, 0) is 4.79 Å². The highest BCUT2D eigenvalue weighted by Crippen LogP contribution is 2.45. The van der Waals surface area contributed by atoms with Crippen LogP contribution in [0.2, 0.25) is 0 Å². The van der Waals surface area contributed by atoms with Crippen LogP contribution in [-0.4, -0.2) is 23.7 Å². The molecule has 1 aliphatic carbocycles. The number of nitrogens with one attached hydrogen (secondary N) is 1. The van der Waals surface area contributed by atoms with Crippen molar-refractivity contribution >= 4 is 5.97 Å². The summed E-state index contributed by atoms with van der Waals surface area (Å²) in [5, 5.41) is 11.6. The molecule has 58 valence electrons. The van der Waals surface area contributed by atoms with E-state index in [0.29, 0.717) is 5.92 Å². The molecule has 0 radical (unpaired) electrons. The molecular formula is C7H13NO2. The molecule has 1 aliphatic rings. The molecular weight excluding hydrogens is 130 g/mol. The van der Waals surface area contributed by atoms with Gasteiger partial charge in [0, 0.05) is 0 Å². The summed E-state index contributed by atoms with van der Waals surface area (Å²) in [5.41, 5.74) is -0.575. The van der Waals surface area contributed by atoms with E-state index in [1.54, 1.807) is 7.05 Å². The molecule has 0 aliphatic heterocycles. The number of carboxylic acid groups (broad SMARTS) is 1. The van der Waals surface area contributed by atoms with Crippen LogP contribution in [0.4, 0.5) is 0 Å². The standard InChI is InChI=1S/C7H13NO2/c1-3-5-4-7(5,8-2)6(9)10/h5,8H,3-4H2,1-2H3,(H,9,10). The monoisotopic (exact) mass is 143 g/mol. The van der Waals surface area contributed by atoms with Crippen molar-refractivity contribution in [2.24, 2.45) is 5.92 Å². The van der Waals surface area contributed by atoms with Gasteiger partial charge in [-0.05, 0) is 19.4 Å². The van der Waals surface area contributed by atoms with Crippen LogP contribution in [0.3, 0.4) is 0 Å². The van der Waals surface area contributed by atoms with Gasteiger partial charge in [0.2, 0.25) is 0 Å². The maximum Gasteiger partial charge on any atom is 0.324 e. The van der Waals surface area contributed by atoms with Crippen molar-refractivity contribution in [3.05, 3.63) is 0 Å². The van der Waals surface area contributed by atoms with E-state index in [1.165, 1.54) is 0 Å². The maximum absolute atomic E-state index is 10.6. The van der Waals surface area contributed by atoms with Gasteiger partial charge < -0.3 is 10.4 Å². The lowest BCUT2D eigenvalue weighted by Gasteiger charge is -2.08. The Morgan fingerprint density at radius 1 is 1.90 bits per heavy atom. The Morgan fingerprint density at radius 2 is 2.50 bits per heavy atom. The van der Waals surface area contributed by atoms with Gasteiger partial charge in [-0.25, -0.2) is 0 Å². The highest BCUT2D eigenvalue weighted by atomic mass is 16.4. The van der Waals surface area contributed by atoms with Crippen LogP contribution in [0.5, 0.6) is 0 Å². The molecule has 0 heterocycles. The molecule has 0 aromatic rings. The van der Waals surface area contributed by atoms with E-state index in [4.69, 9.17) is 5.11 Å². The van der Waals surface area contributed by atoms with Gasteiger partial charge in [-0.2, -0.15) is 0 Å². The van der Waals surface area contributed by atoms with Gasteiger partial charge >= 0.3 is 5.97 Å². The number of hydrogen-bond donors (Lipinski definition) is 2. The summed E-state index contributed by atoms with van der Waals surface area (Å²) in [6.07, 6.45) is 1.74. The molecule has 1 saturated carbocycles. The van der Waals surface area contributed by atoms with Gasteiger partial charge in [0.15, 0.2) is 0 Å². The second kappa shape index (κ2) is 2.23. The molecule has 2 unspecified atom stereocenters. The SMILES string of the molecule is CCC1CC1(NC)C(=O)O. The van der Waals surface area contributed by atoms with Crippen molar-refractivity contribution < 1.29 is 9.90 Å². The Balaban J connectivity index is 2.59. The Labute approximate surface area is 60.4 Å². The predicted molar refractivity (Wildman–Crippen MR) is 37.8 cm³/mol. The van der Waals surface area contributed by atoms with Gasteiger partial charge in [0.25, 0.3) is 0 Å². The smallest absolute Gasteiger partial charge is 0.324 e. The fourth-order valence-electron chi connectivity index (χ4n) is 1.50. The average molecular weight is 143 g/mol. The summed E-state index contributed by atoms with van der Waals surface area (Å²) in [5.74, 6) is -0.364. The van der Waals surface area contributed by atoms with E-state index in [0.717, 1.165) is 12.8 Å². The first kappa shape index (κ1) is 7.54. The molecule has 2 atom stereocenters. The number of carbonyl (C=O) groups is 1. The van der Waals surface area contributed by atoms with Gasteiger partial charge in [0.1, 0.15) is 5.54 Å². The number of likely N-dealkylation sites (N-methyl/N-ethyl adjacent to an activating group) is 1. The first-order chi connectivity index (χ1) is 4.67. The topological polar surface area (TPSA) is 49.3 Å². The molecule has 0 spiro atoms. The summed E-state index contributed by atoms with van der Waals surface area (Å²) >= 11 is 0. The van der Waals surface area contributed by atoms with Crippen LogP contribution in [0.15, 0.2) is 0 Å². The second-order valence-electron chi connectivity index (χ2n) is 2.84. The first-order valence-corrected chi connectivity index (χ1v) is 3.59. The minimum atomic E-state index is -0.707. The zero-order chi connectivity index (χ0) is 7.78. The molecule has 3 nitrogen and oxygen atoms in total. The molecule has 1 rings (SSSR count). The molecule has 0 saturated heterocycles. The minimum Gasteiger partial charge on any atom is -0.480 e. The Morgan fingerprint density at radius 3 is 2.60 bits per heavy atom. The van der Waals surface area contributed by atoms with Crippen LogP contribution in [0, 0.1) is 5.92 Å². The summed E-state index contributed by atoms with van der Waals surface area (Å²) in [4.78, 5) is 10.6. The number of aliphatic carboxylic acids is 1. The zero-order valence-corrected chi connectivity index (χ0v) is 6.35. The van der Waals surface area contributed by atoms with Gasteiger partial charge in [-0.1, -0.05) is 13.3 Å². The average Bonchev–Trinajstić information content (AvgIpc) is 2.62. The molecule has 1 fully saturated rings. The van der Waals surface area contributed by atoms with Crippen LogP contribution in [0.1, 0.15) is 19.8 Å². The lowest BCUT2D eigenvalue weighted by atomic mass is 10.2. The summed E-state index contributed by atoms with van der Waals surface area (Å²) in [6, 6.07) is 0. The number of hydrogen-bond acceptors (Lipinski definition) is 2. The van der Waals surface area contributed by atoms with Gasteiger partial charge in [-0.3, -0.25) is 4.79 Å². The van der Waals surface area contributed by atoms with Crippen molar-refractivity contribution in [3.8, 4) is 0 Å². The van der Waals surface area contributed by atoms with E-state index in [-0.39, 0.29) is 0 Å². The highest BCUT2D eigenvalue weighted by Gasteiger charge is 2.58. The van der Waals surface area contributed by atoms with Crippen molar-refractivity contribution in [1.82, 2.24) is 5.32 Å². The summed E-state index contributed by atoms with van der Waals surface area (Å²) in [6.45, 7) is 2.02. The first-order valence-electron chi connectivity index (χ1n) is 3.59. The fourth-order valence-corrected chi connectivity index (χ4v) is 1.50. The van der Waals surface area contributed by atoms with E-state index < -0.39 is 11.5 Å². The third-order valence-corrected chi connectivity index (χ3v) is 2.43. The quantitative estimate of drug-likeness (QED) is 0.603. The van der Waals surface area contributed by atoms with E-state index in [9.17, 15) is 4.79 Å². The van der Waals surface area contributed by atoms with E-state index in [1.807, 2.05) is 6.92 Å². The molecule has 10 heavy (non-hydrogen) atoms. The Bertz CT molecular complexity index is 158.